The van der Waals surface area contributed by atoms with E-state index in [0.29, 0.717) is 34.1 Å². The molecule has 0 aliphatic carbocycles. The Hall–Kier alpha value is -4.48. The number of nitrogens with zero attached hydrogens (tertiary/aromatic N) is 4. The first-order valence-corrected chi connectivity index (χ1v) is 13.6. The Bertz CT molecular complexity index is 1830. The van der Waals surface area contributed by atoms with E-state index in [-0.39, 0.29) is 36.1 Å². The Morgan fingerprint density at radius 2 is 1.80 bits per heavy atom. The van der Waals surface area contributed by atoms with E-state index in [1.54, 1.807) is 54.6 Å². The highest BCUT2D eigenvalue weighted by Gasteiger charge is 2.28. The molecule has 0 aliphatic rings. The first kappa shape index (κ1) is 28.5. The van der Waals surface area contributed by atoms with Gasteiger partial charge in [-0.3, -0.25) is 19.5 Å². The second-order valence-corrected chi connectivity index (χ2v) is 10.9. The van der Waals surface area contributed by atoms with Gasteiger partial charge in [-0.1, -0.05) is 42.5 Å². The predicted octanol–water partition coefficient (Wildman–Crippen LogP) is 4.09. The lowest BCUT2D eigenvalue weighted by Crippen LogP contribution is -2.33. The summed E-state index contributed by atoms with van der Waals surface area (Å²) in [5.41, 5.74) is 9.17. The van der Waals surface area contributed by atoms with E-state index >= 15 is 0 Å². The molecule has 5 rings (SSSR count). The van der Waals surface area contributed by atoms with E-state index in [9.17, 15) is 18.3 Å². The molecule has 206 valence electrons. The Balaban J connectivity index is 0.00000370. The molecule has 0 saturated carbocycles. The van der Waals surface area contributed by atoms with Crippen LogP contribution >= 0.6 is 12.4 Å². The zero-order chi connectivity index (χ0) is 27.7. The summed E-state index contributed by atoms with van der Waals surface area (Å²) >= 11 is 0. The molecule has 0 aliphatic heterocycles. The zero-order valence-corrected chi connectivity index (χ0v) is 23.1. The number of anilines is 1. The number of nitrogens with two attached hydrogens (primary N) is 1. The average Bonchev–Trinajstić information content (AvgIpc) is 3.22. The number of nitrogens with one attached hydrogen (secondary N) is 1. The van der Waals surface area contributed by atoms with Crippen molar-refractivity contribution in [1.82, 2.24) is 14.5 Å². The van der Waals surface area contributed by atoms with Crippen LogP contribution in [0.2, 0.25) is 0 Å². The molecule has 0 saturated heterocycles. The molecule has 3 aromatic carbocycles. The van der Waals surface area contributed by atoms with Crippen molar-refractivity contribution in [2.24, 2.45) is 12.8 Å². The summed E-state index contributed by atoms with van der Waals surface area (Å²) in [6.45, 7) is -0.255. The number of carboxylic acids is 1. The summed E-state index contributed by atoms with van der Waals surface area (Å²) in [4.78, 5) is 20.5. The van der Waals surface area contributed by atoms with Crippen LogP contribution in [0.5, 0.6) is 0 Å². The van der Waals surface area contributed by atoms with Crippen LogP contribution in [0, 0.1) is 5.41 Å². The Labute approximate surface area is 237 Å². The normalized spacial score (nSPS) is 11.3. The minimum absolute atomic E-state index is 0. The van der Waals surface area contributed by atoms with Crippen molar-refractivity contribution in [3.63, 3.8) is 0 Å². The number of sulfonamides is 1. The molecular formula is C28H27ClN6O4S. The highest BCUT2D eigenvalue weighted by molar-refractivity contribution is 7.93. The number of aliphatic carboxylic acids is 1. The van der Waals surface area contributed by atoms with Gasteiger partial charge >= 0.3 is 5.97 Å². The molecule has 4 N–H and O–H groups in total. The van der Waals surface area contributed by atoms with Gasteiger partial charge in [0.1, 0.15) is 16.6 Å². The van der Waals surface area contributed by atoms with Gasteiger partial charge in [-0.15, -0.1) is 12.4 Å². The maximum absolute atomic E-state index is 13.9. The van der Waals surface area contributed by atoms with Crippen LogP contribution in [0.25, 0.3) is 21.9 Å². The number of benzene rings is 3. The van der Waals surface area contributed by atoms with Crippen molar-refractivity contribution in [2.45, 2.75) is 17.7 Å². The topological polar surface area (TPSA) is 155 Å². The lowest BCUT2D eigenvalue weighted by Gasteiger charge is -2.24. The summed E-state index contributed by atoms with van der Waals surface area (Å²) in [5.74, 6) is -0.349. The van der Waals surface area contributed by atoms with Gasteiger partial charge < -0.3 is 15.4 Å². The number of para-hydroxylation sites is 1. The van der Waals surface area contributed by atoms with Gasteiger partial charge in [-0.05, 0) is 35.9 Å². The van der Waals surface area contributed by atoms with E-state index in [0.717, 1.165) is 21.2 Å². The van der Waals surface area contributed by atoms with E-state index < -0.39 is 16.0 Å². The van der Waals surface area contributed by atoms with Crippen molar-refractivity contribution >= 4 is 61.9 Å². The molecule has 0 radical (unpaired) electrons. The van der Waals surface area contributed by atoms with Crippen LogP contribution in [-0.4, -0.2) is 46.4 Å². The molecule has 0 spiro atoms. The zero-order valence-electron chi connectivity index (χ0n) is 21.5. The Morgan fingerprint density at radius 1 is 1.07 bits per heavy atom. The minimum Gasteiger partial charge on any atom is -0.481 e. The van der Waals surface area contributed by atoms with Crippen molar-refractivity contribution in [3.05, 3.63) is 95.9 Å². The number of amidine groups is 1. The van der Waals surface area contributed by atoms with Crippen LogP contribution in [0.3, 0.4) is 0 Å². The van der Waals surface area contributed by atoms with Crippen molar-refractivity contribution < 1.29 is 18.3 Å². The summed E-state index contributed by atoms with van der Waals surface area (Å²) in [6, 6.07) is 20.9. The molecule has 0 amide bonds. The van der Waals surface area contributed by atoms with E-state index in [4.69, 9.17) is 16.1 Å². The van der Waals surface area contributed by atoms with Gasteiger partial charge in [0.25, 0.3) is 10.0 Å². The Morgan fingerprint density at radius 3 is 2.50 bits per heavy atom. The van der Waals surface area contributed by atoms with Crippen molar-refractivity contribution in [3.8, 4) is 0 Å². The summed E-state index contributed by atoms with van der Waals surface area (Å²) in [6.07, 6.45) is 1.67. The molecule has 0 unspecified atom stereocenters. The fourth-order valence-corrected chi connectivity index (χ4v) is 6.15. The number of imidazole rings is 1. The predicted molar refractivity (Wildman–Crippen MR) is 157 cm³/mol. The lowest BCUT2D eigenvalue weighted by molar-refractivity contribution is -0.136. The van der Waals surface area contributed by atoms with Crippen molar-refractivity contribution in [2.75, 3.05) is 10.8 Å². The van der Waals surface area contributed by atoms with Crippen LogP contribution in [0.4, 0.5) is 5.69 Å². The van der Waals surface area contributed by atoms with E-state index in [1.165, 1.54) is 12.3 Å². The van der Waals surface area contributed by atoms with Gasteiger partial charge in [-0.2, -0.15) is 0 Å². The number of nitrogen functional groups attached to an aromatic ring is 1. The van der Waals surface area contributed by atoms with Crippen LogP contribution in [0.1, 0.15) is 23.4 Å². The second-order valence-electron chi connectivity index (χ2n) is 9.10. The highest BCUT2D eigenvalue weighted by atomic mass is 35.5. The monoisotopic (exact) mass is 578 g/mol. The fourth-order valence-electron chi connectivity index (χ4n) is 4.52. The van der Waals surface area contributed by atoms with Crippen LogP contribution in [-0.2, 0) is 28.3 Å². The van der Waals surface area contributed by atoms with Gasteiger partial charge in [0, 0.05) is 37.2 Å². The molecule has 2 aromatic heterocycles. The van der Waals surface area contributed by atoms with Gasteiger partial charge in [-0.25, -0.2) is 13.4 Å². The molecule has 10 nitrogen and oxygen atoms in total. The number of rotatable bonds is 9. The van der Waals surface area contributed by atoms with Gasteiger partial charge in [0.2, 0.25) is 0 Å². The third-order valence-electron chi connectivity index (χ3n) is 6.56. The first-order chi connectivity index (χ1) is 18.6. The highest BCUT2D eigenvalue weighted by Crippen LogP contribution is 2.31. The molecular weight excluding hydrogens is 552 g/mol. The molecule has 0 bridgehead atoms. The maximum Gasteiger partial charge on any atom is 0.305 e. The standard InChI is InChI=1S/C28H26N6O4S.ClH/c1-33-23-12-11-21(17-22(23)32-25(33)16-18-7-9-20(10-8-18)28(29)30)34(15-13-26(35)36)39(37,38)24-6-2-4-19-5-3-14-31-27(19)24;/h2-12,14,17H,13,15-16H2,1H3,(H3,29,30)(H,35,36);1H. The smallest absolute Gasteiger partial charge is 0.305 e. The molecule has 2 heterocycles. The number of carboxylic acid groups (broad SMARTS) is 1. The third-order valence-corrected chi connectivity index (χ3v) is 8.42. The summed E-state index contributed by atoms with van der Waals surface area (Å²) < 4.78 is 30.9. The number of pyridine rings is 1. The number of halogens is 1. The Kier molecular flexibility index (Phi) is 8.08. The number of aryl methyl sites for hydroxylation is 1. The van der Waals surface area contributed by atoms with Crippen LogP contribution < -0.4 is 10.0 Å². The SMILES string of the molecule is Cl.Cn1c(Cc2ccc(C(=N)N)cc2)nc2cc(N(CCC(=O)O)S(=O)(=O)c3cccc4cccnc34)ccc21. The second kappa shape index (κ2) is 11.3. The first-order valence-electron chi connectivity index (χ1n) is 12.1. The minimum atomic E-state index is -4.16. The quantitative estimate of drug-likeness (QED) is 0.176. The number of fused-ring (bicyclic) bond motifs is 2. The third kappa shape index (κ3) is 5.47. The average molecular weight is 579 g/mol. The molecule has 5 aromatic rings. The summed E-state index contributed by atoms with van der Waals surface area (Å²) in [7, 11) is -2.28. The lowest BCUT2D eigenvalue weighted by atomic mass is 10.1. The molecule has 40 heavy (non-hydrogen) atoms. The van der Waals surface area contributed by atoms with Gasteiger partial charge in [0.05, 0.1) is 28.7 Å². The maximum atomic E-state index is 13.9. The van der Waals surface area contributed by atoms with Crippen molar-refractivity contribution in [1.29, 1.82) is 5.41 Å². The van der Waals surface area contributed by atoms with E-state index in [2.05, 4.69) is 4.98 Å². The molecule has 0 fully saturated rings. The number of aromatic nitrogens is 3. The number of carbonyl (C=O) groups is 1. The molecule has 0 atom stereocenters. The molecule has 12 heteroatoms. The number of hydrogen-bond donors (Lipinski definition) is 3. The van der Waals surface area contributed by atoms with E-state index in [1.807, 2.05) is 23.7 Å². The number of hydrogen-bond acceptors (Lipinski definition) is 6. The van der Waals surface area contributed by atoms with Crippen LogP contribution in [0.15, 0.2) is 83.9 Å². The fraction of sp³-hybridized carbons (Fsp3) is 0.143. The summed E-state index contributed by atoms with van der Waals surface area (Å²) in [5, 5.41) is 17.6. The largest absolute Gasteiger partial charge is 0.481 e. The van der Waals surface area contributed by atoms with Gasteiger partial charge in [0.15, 0.2) is 0 Å².